The molecule has 0 radical (unpaired) electrons. The lowest BCUT2D eigenvalue weighted by molar-refractivity contribution is -0.548. The van der Waals surface area contributed by atoms with E-state index in [1.54, 1.807) is 0 Å². The molecule has 3 aliphatic heterocycles. The van der Waals surface area contributed by atoms with E-state index in [9.17, 15) is 5.11 Å². The van der Waals surface area contributed by atoms with Crippen LogP contribution in [0.5, 0.6) is 0 Å². The van der Waals surface area contributed by atoms with Crippen LogP contribution in [0.15, 0.2) is 0 Å². The highest BCUT2D eigenvalue weighted by atomic mass is 16.8. The van der Waals surface area contributed by atoms with E-state index in [0.29, 0.717) is 17.8 Å². The summed E-state index contributed by atoms with van der Waals surface area (Å²) >= 11 is 0. The molecule has 122 valence electrons. The first-order valence-electron chi connectivity index (χ1n) is 9.77. The molecule has 0 aromatic heterocycles. The molecule has 4 saturated carbocycles. The van der Waals surface area contributed by atoms with Crippen molar-refractivity contribution in [1.29, 1.82) is 0 Å². The Hall–Kier alpha value is -0.120. The maximum Gasteiger partial charge on any atom is 0.180 e. The second kappa shape index (κ2) is 3.75. The van der Waals surface area contributed by atoms with Gasteiger partial charge in [0.15, 0.2) is 11.6 Å². The summed E-state index contributed by atoms with van der Waals surface area (Å²) in [5.41, 5.74) is -0.142. The van der Waals surface area contributed by atoms with Crippen LogP contribution in [0, 0.1) is 23.2 Å². The lowest BCUT2D eigenvalue weighted by atomic mass is 9.46. The monoisotopic (exact) mass is 304 g/mol. The fourth-order valence-corrected chi connectivity index (χ4v) is 8.04. The minimum Gasteiger partial charge on any atom is -0.365 e. The molecule has 4 unspecified atom stereocenters. The van der Waals surface area contributed by atoms with Crippen molar-refractivity contribution in [1.82, 2.24) is 0 Å². The van der Waals surface area contributed by atoms with Crippen molar-refractivity contribution >= 4 is 0 Å². The molecule has 3 saturated heterocycles. The number of rotatable bonds is 0. The molecular weight excluding hydrogens is 276 g/mol. The normalized spacial score (nSPS) is 65.0. The standard InChI is InChI=1S/C19H28O3/c20-19-14-7-10-16(19)12-15-6-2-4-9-18(15,22-19)21-17(16)8-3-1-5-13(17)11-14/h13-15,20H,1-12H2/t13?,14?,15?,16?,17-,18+,19+/m1/s1. The van der Waals surface area contributed by atoms with Gasteiger partial charge in [-0.1, -0.05) is 19.3 Å². The second-order valence-corrected chi connectivity index (χ2v) is 9.24. The van der Waals surface area contributed by atoms with Crippen LogP contribution in [0.3, 0.4) is 0 Å². The van der Waals surface area contributed by atoms with Crippen LogP contribution in [0.1, 0.15) is 77.0 Å². The van der Waals surface area contributed by atoms with Gasteiger partial charge in [0, 0.05) is 18.3 Å². The van der Waals surface area contributed by atoms with Crippen LogP contribution < -0.4 is 0 Å². The fourth-order valence-electron chi connectivity index (χ4n) is 8.04. The molecule has 7 atom stereocenters. The molecule has 7 aliphatic rings. The summed E-state index contributed by atoms with van der Waals surface area (Å²) in [6, 6.07) is 0. The Morgan fingerprint density at radius 3 is 2.50 bits per heavy atom. The Morgan fingerprint density at radius 1 is 0.773 bits per heavy atom. The van der Waals surface area contributed by atoms with Crippen LogP contribution in [0.4, 0.5) is 0 Å². The van der Waals surface area contributed by atoms with Gasteiger partial charge in [0.25, 0.3) is 0 Å². The third-order valence-corrected chi connectivity index (χ3v) is 8.78. The van der Waals surface area contributed by atoms with E-state index >= 15 is 0 Å². The predicted octanol–water partition coefficient (Wildman–Crippen LogP) is 3.74. The summed E-state index contributed by atoms with van der Waals surface area (Å²) in [6.07, 6.45) is 14.5. The first-order valence-corrected chi connectivity index (χ1v) is 9.77. The average molecular weight is 304 g/mol. The number of hydrogen-bond acceptors (Lipinski definition) is 3. The molecule has 22 heavy (non-hydrogen) atoms. The van der Waals surface area contributed by atoms with E-state index in [1.165, 1.54) is 51.4 Å². The largest absolute Gasteiger partial charge is 0.365 e. The van der Waals surface area contributed by atoms with Crippen molar-refractivity contribution in [2.75, 3.05) is 0 Å². The second-order valence-electron chi connectivity index (χ2n) is 9.24. The Kier molecular flexibility index (Phi) is 2.25. The van der Waals surface area contributed by atoms with E-state index in [4.69, 9.17) is 9.47 Å². The van der Waals surface area contributed by atoms with Gasteiger partial charge in [0.1, 0.15) is 0 Å². The SMILES string of the molecule is O[C@@]12O[C@@]34CCCCC3CC13CCC2CC1CCCC[C@@]13O4. The maximum absolute atomic E-state index is 11.7. The van der Waals surface area contributed by atoms with Crippen LogP contribution in [0.25, 0.3) is 0 Å². The highest BCUT2D eigenvalue weighted by Gasteiger charge is 2.84. The number of ether oxygens (including phenoxy) is 2. The Bertz CT molecular complexity index is 535. The Morgan fingerprint density at radius 2 is 1.59 bits per heavy atom. The van der Waals surface area contributed by atoms with Gasteiger partial charge < -0.3 is 14.6 Å². The van der Waals surface area contributed by atoms with Gasteiger partial charge in [-0.05, 0) is 57.3 Å². The van der Waals surface area contributed by atoms with Gasteiger partial charge in [-0.3, -0.25) is 0 Å². The van der Waals surface area contributed by atoms with Gasteiger partial charge in [0.2, 0.25) is 0 Å². The third-order valence-electron chi connectivity index (χ3n) is 8.78. The molecule has 3 heterocycles. The molecule has 7 fully saturated rings. The highest BCUT2D eigenvalue weighted by molar-refractivity contribution is 5.27. The Balaban J connectivity index is 1.58. The summed E-state index contributed by atoms with van der Waals surface area (Å²) in [5.74, 6) is 0.275. The van der Waals surface area contributed by atoms with Crippen LogP contribution >= 0.6 is 0 Å². The lowest BCUT2D eigenvalue weighted by Gasteiger charge is -2.75. The van der Waals surface area contributed by atoms with Gasteiger partial charge in [-0.25, -0.2) is 0 Å². The van der Waals surface area contributed by atoms with Gasteiger partial charge in [-0.2, -0.15) is 0 Å². The van der Waals surface area contributed by atoms with E-state index in [0.717, 1.165) is 25.7 Å². The molecule has 1 N–H and O–H groups in total. The molecule has 4 aliphatic carbocycles. The number of aliphatic hydroxyl groups is 1. The van der Waals surface area contributed by atoms with Crippen molar-refractivity contribution in [2.45, 2.75) is 94.2 Å². The third kappa shape index (κ3) is 1.14. The Labute approximate surface area is 132 Å². The van der Waals surface area contributed by atoms with Crippen molar-refractivity contribution in [2.24, 2.45) is 23.2 Å². The maximum atomic E-state index is 11.7. The fraction of sp³-hybridized carbons (Fsp3) is 1.00. The summed E-state index contributed by atoms with van der Waals surface area (Å²) in [5, 5.41) is 11.7. The van der Waals surface area contributed by atoms with E-state index in [-0.39, 0.29) is 11.0 Å². The first kappa shape index (κ1) is 13.2. The van der Waals surface area contributed by atoms with Gasteiger partial charge >= 0.3 is 0 Å². The molecule has 3 nitrogen and oxygen atoms in total. The lowest BCUT2D eigenvalue weighted by Crippen LogP contribution is -2.82. The zero-order valence-corrected chi connectivity index (χ0v) is 13.5. The van der Waals surface area contributed by atoms with Crippen LogP contribution in [0.2, 0.25) is 0 Å². The molecule has 0 aromatic rings. The predicted molar refractivity (Wildman–Crippen MR) is 80.9 cm³/mol. The smallest absolute Gasteiger partial charge is 0.180 e. The minimum absolute atomic E-state index is 0.0565. The van der Waals surface area contributed by atoms with Gasteiger partial charge in [0.05, 0.1) is 11.0 Å². The van der Waals surface area contributed by atoms with Crippen molar-refractivity contribution in [3.8, 4) is 0 Å². The van der Waals surface area contributed by atoms with Crippen LogP contribution in [-0.2, 0) is 9.47 Å². The summed E-state index contributed by atoms with van der Waals surface area (Å²) in [6.45, 7) is 0. The van der Waals surface area contributed by atoms with Crippen molar-refractivity contribution in [3.63, 3.8) is 0 Å². The van der Waals surface area contributed by atoms with E-state index < -0.39 is 11.6 Å². The highest BCUT2D eigenvalue weighted by Crippen LogP contribution is 2.78. The quantitative estimate of drug-likeness (QED) is 0.741. The molecule has 0 amide bonds. The van der Waals surface area contributed by atoms with E-state index in [1.807, 2.05) is 0 Å². The average Bonchev–Trinajstić information content (AvgIpc) is 2.70. The summed E-state index contributed by atoms with van der Waals surface area (Å²) in [7, 11) is 0. The first-order chi connectivity index (χ1) is 10.6. The van der Waals surface area contributed by atoms with E-state index in [2.05, 4.69) is 0 Å². The summed E-state index contributed by atoms with van der Waals surface area (Å²) in [4.78, 5) is 0. The van der Waals surface area contributed by atoms with Crippen molar-refractivity contribution in [3.05, 3.63) is 0 Å². The molecule has 5 bridgehead atoms. The molecule has 3 heteroatoms. The molecule has 7 rings (SSSR count). The van der Waals surface area contributed by atoms with Gasteiger partial charge in [-0.15, -0.1) is 0 Å². The molecule has 3 spiro atoms. The topological polar surface area (TPSA) is 38.7 Å². The molecule has 0 aromatic carbocycles. The minimum atomic E-state index is -0.868. The molecular formula is C19H28O3. The zero-order valence-electron chi connectivity index (χ0n) is 13.5. The van der Waals surface area contributed by atoms with Crippen molar-refractivity contribution < 1.29 is 14.6 Å². The summed E-state index contributed by atoms with van der Waals surface area (Å²) < 4.78 is 13.6. The zero-order chi connectivity index (χ0) is 14.6. The van der Waals surface area contributed by atoms with Crippen LogP contribution in [-0.4, -0.2) is 22.3 Å². The number of hydrogen-bond donors (Lipinski definition) is 1.